The predicted octanol–water partition coefficient (Wildman–Crippen LogP) is 4.74. The zero-order chi connectivity index (χ0) is 14.9. The van der Waals surface area contributed by atoms with Crippen LogP contribution in [-0.2, 0) is 10.0 Å². The number of aryl methyl sites for hydroxylation is 1. The molecule has 0 spiro atoms. The number of sulfonamides is 1. The molecule has 0 saturated carbocycles. The first-order valence-electron chi connectivity index (χ1n) is 6.18. The van der Waals surface area contributed by atoms with Crippen molar-refractivity contribution in [3.05, 3.63) is 45.2 Å². The molecule has 0 aliphatic carbocycles. The molecule has 0 atom stereocenters. The second kappa shape index (κ2) is 5.87. The maximum Gasteiger partial charge on any atom is 0.272 e. The van der Waals surface area contributed by atoms with Crippen molar-refractivity contribution in [1.29, 1.82) is 0 Å². The van der Waals surface area contributed by atoms with Crippen LogP contribution in [0.3, 0.4) is 0 Å². The smallest absolute Gasteiger partial charge is 0.272 e. The van der Waals surface area contributed by atoms with E-state index < -0.39 is 10.0 Å². The molecule has 108 valence electrons. The Kier molecular flexibility index (Phi) is 4.56. The minimum absolute atomic E-state index is 0.249. The van der Waals surface area contributed by atoms with E-state index in [0.29, 0.717) is 14.4 Å². The van der Waals surface area contributed by atoms with Gasteiger partial charge in [-0.2, -0.15) is 0 Å². The highest BCUT2D eigenvalue weighted by molar-refractivity contribution is 9.10. The fraction of sp³-hybridized carbons (Fsp3) is 0.286. The summed E-state index contributed by atoms with van der Waals surface area (Å²) in [6.07, 6.45) is 0. The summed E-state index contributed by atoms with van der Waals surface area (Å²) in [4.78, 5) is 0. The normalized spacial score (nSPS) is 11.8. The quantitative estimate of drug-likeness (QED) is 0.840. The molecule has 0 saturated heterocycles. The molecule has 3 nitrogen and oxygen atoms in total. The Hall–Kier alpha value is -0.850. The molecule has 1 aromatic carbocycles. The molecule has 1 aromatic heterocycles. The van der Waals surface area contributed by atoms with Crippen LogP contribution in [-0.4, -0.2) is 8.42 Å². The summed E-state index contributed by atoms with van der Waals surface area (Å²) < 4.78 is 28.6. The van der Waals surface area contributed by atoms with Gasteiger partial charge >= 0.3 is 0 Å². The number of halogens is 1. The molecule has 0 amide bonds. The Morgan fingerprint density at radius 2 is 1.95 bits per heavy atom. The maximum absolute atomic E-state index is 12.5. The van der Waals surface area contributed by atoms with Crippen molar-refractivity contribution in [1.82, 2.24) is 0 Å². The molecular weight excluding hydrogens is 358 g/mol. The predicted molar refractivity (Wildman–Crippen MR) is 88.1 cm³/mol. The summed E-state index contributed by atoms with van der Waals surface area (Å²) in [5.74, 6) is 0.249. The van der Waals surface area contributed by atoms with E-state index in [1.54, 1.807) is 11.4 Å². The third-order valence-corrected chi connectivity index (χ3v) is 7.01. The zero-order valence-electron chi connectivity index (χ0n) is 11.5. The van der Waals surface area contributed by atoms with Crippen molar-refractivity contribution in [3.8, 4) is 0 Å². The number of nitrogens with one attached hydrogen (secondary N) is 1. The topological polar surface area (TPSA) is 46.2 Å². The zero-order valence-corrected chi connectivity index (χ0v) is 14.7. The average Bonchev–Trinajstić information content (AvgIpc) is 2.78. The first-order chi connectivity index (χ1) is 9.33. The Labute approximate surface area is 132 Å². The fourth-order valence-electron chi connectivity index (χ4n) is 1.96. The lowest BCUT2D eigenvalue weighted by Crippen LogP contribution is -2.14. The van der Waals surface area contributed by atoms with Crippen LogP contribution in [0.2, 0.25) is 0 Å². The van der Waals surface area contributed by atoms with Gasteiger partial charge in [-0.05, 0) is 51.3 Å². The van der Waals surface area contributed by atoms with E-state index in [-0.39, 0.29) is 5.92 Å². The van der Waals surface area contributed by atoms with Gasteiger partial charge in [0.05, 0.1) is 5.69 Å². The average molecular weight is 374 g/mol. The Bertz CT molecular complexity index is 721. The van der Waals surface area contributed by atoms with Crippen LogP contribution >= 0.6 is 27.3 Å². The van der Waals surface area contributed by atoms with Gasteiger partial charge in [0.1, 0.15) is 0 Å². The number of hydrogen-bond acceptors (Lipinski definition) is 3. The van der Waals surface area contributed by atoms with Gasteiger partial charge in [-0.15, -0.1) is 11.3 Å². The van der Waals surface area contributed by atoms with Crippen molar-refractivity contribution in [2.24, 2.45) is 0 Å². The number of rotatable bonds is 4. The SMILES string of the molecule is Cc1cccc(C(C)C)c1NS(=O)(=O)c1sccc1Br. The van der Waals surface area contributed by atoms with Crippen molar-refractivity contribution in [2.75, 3.05) is 4.72 Å². The minimum Gasteiger partial charge on any atom is -0.278 e. The molecule has 1 N–H and O–H groups in total. The van der Waals surface area contributed by atoms with E-state index in [4.69, 9.17) is 0 Å². The summed E-state index contributed by atoms with van der Waals surface area (Å²) in [6, 6.07) is 7.55. The lowest BCUT2D eigenvalue weighted by atomic mass is 9.99. The Morgan fingerprint density at radius 1 is 1.25 bits per heavy atom. The summed E-state index contributed by atoms with van der Waals surface area (Å²) in [5, 5.41) is 1.75. The summed E-state index contributed by atoms with van der Waals surface area (Å²) in [6.45, 7) is 6.01. The van der Waals surface area contributed by atoms with Crippen LogP contribution in [0.15, 0.2) is 38.3 Å². The van der Waals surface area contributed by atoms with Crippen molar-refractivity contribution >= 4 is 43.0 Å². The van der Waals surface area contributed by atoms with Crippen LogP contribution in [0.4, 0.5) is 5.69 Å². The van der Waals surface area contributed by atoms with Crippen molar-refractivity contribution in [3.63, 3.8) is 0 Å². The number of anilines is 1. The number of thiophene rings is 1. The second-order valence-corrected chi connectivity index (χ2v) is 8.50. The van der Waals surface area contributed by atoms with Gasteiger partial charge in [0.25, 0.3) is 10.0 Å². The van der Waals surface area contributed by atoms with E-state index in [1.165, 1.54) is 11.3 Å². The fourth-order valence-corrected chi connectivity index (χ4v) is 5.46. The molecular formula is C14H16BrNO2S2. The largest absolute Gasteiger partial charge is 0.278 e. The molecule has 6 heteroatoms. The highest BCUT2D eigenvalue weighted by Crippen LogP contribution is 2.33. The summed E-state index contributed by atoms with van der Waals surface area (Å²) in [5.41, 5.74) is 2.61. The van der Waals surface area contributed by atoms with E-state index in [1.807, 2.05) is 39.0 Å². The van der Waals surface area contributed by atoms with Gasteiger partial charge < -0.3 is 0 Å². The highest BCUT2D eigenvalue weighted by atomic mass is 79.9. The maximum atomic E-state index is 12.5. The lowest BCUT2D eigenvalue weighted by Gasteiger charge is -2.17. The monoisotopic (exact) mass is 373 g/mol. The first kappa shape index (κ1) is 15.5. The molecule has 0 aliphatic rings. The molecule has 1 heterocycles. The number of para-hydroxylation sites is 1. The van der Waals surface area contributed by atoms with E-state index >= 15 is 0 Å². The third-order valence-electron chi connectivity index (χ3n) is 2.99. The first-order valence-corrected chi connectivity index (χ1v) is 9.34. The number of hydrogen-bond donors (Lipinski definition) is 1. The highest BCUT2D eigenvalue weighted by Gasteiger charge is 2.22. The third kappa shape index (κ3) is 3.07. The Balaban J connectivity index is 2.48. The van der Waals surface area contributed by atoms with Gasteiger partial charge in [0, 0.05) is 4.47 Å². The lowest BCUT2D eigenvalue weighted by molar-refractivity contribution is 0.602. The molecule has 0 unspecified atom stereocenters. The van der Waals surface area contributed by atoms with Crippen molar-refractivity contribution in [2.45, 2.75) is 30.9 Å². The van der Waals surface area contributed by atoms with Crippen LogP contribution in [0.5, 0.6) is 0 Å². The molecule has 0 bridgehead atoms. The Morgan fingerprint density at radius 3 is 2.50 bits per heavy atom. The van der Waals surface area contributed by atoms with E-state index in [2.05, 4.69) is 20.7 Å². The molecule has 0 radical (unpaired) electrons. The van der Waals surface area contributed by atoms with Crippen molar-refractivity contribution < 1.29 is 8.42 Å². The van der Waals surface area contributed by atoms with Crippen LogP contribution in [0, 0.1) is 6.92 Å². The van der Waals surface area contributed by atoms with E-state index in [9.17, 15) is 8.42 Å². The molecule has 2 aromatic rings. The van der Waals surface area contributed by atoms with Gasteiger partial charge in [-0.1, -0.05) is 32.0 Å². The van der Waals surface area contributed by atoms with Gasteiger partial charge in [-0.25, -0.2) is 8.42 Å². The summed E-state index contributed by atoms with van der Waals surface area (Å²) >= 11 is 4.47. The minimum atomic E-state index is -3.56. The summed E-state index contributed by atoms with van der Waals surface area (Å²) in [7, 11) is -3.56. The van der Waals surface area contributed by atoms with Gasteiger partial charge in [-0.3, -0.25) is 4.72 Å². The molecule has 20 heavy (non-hydrogen) atoms. The number of benzene rings is 1. The van der Waals surface area contributed by atoms with Crippen LogP contribution in [0.25, 0.3) is 0 Å². The molecule has 0 fully saturated rings. The van der Waals surface area contributed by atoms with Crippen LogP contribution < -0.4 is 4.72 Å². The molecule has 2 rings (SSSR count). The van der Waals surface area contributed by atoms with Crippen LogP contribution in [0.1, 0.15) is 30.9 Å². The van der Waals surface area contributed by atoms with Gasteiger partial charge in [0.2, 0.25) is 0 Å². The standard InChI is InChI=1S/C14H16BrNO2S2/c1-9(2)11-6-4-5-10(3)13(11)16-20(17,18)14-12(15)7-8-19-14/h4-9,16H,1-3H3. The van der Waals surface area contributed by atoms with Gasteiger partial charge in [0.15, 0.2) is 4.21 Å². The second-order valence-electron chi connectivity index (χ2n) is 4.86. The molecule has 0 aliphatic heterocycles. The van der Waals surface area contributed by atoms with E-state index in [0.717, 1.165) is 11.1 Å².